The molecule has 0 spiro atoms. The Hall–Kier alpha value is -1.83. The third kappa shape index (κ3) is 3.26. The van der Waals surface area contributed by atoms with Gasteiger partial charge in [-0.25, -0.2) is 0 Å². The van der Waals surface area contributed by atoms with Gasteiger partial charge in [0.15, 0.2) is 0 Å². The van der Waals surface area contributed by atoms with E-state index in [0.29, 0.717) is 23.0 Å². The summed E-state index contributed by atoms with van der Waals surface area (Å²) in [5, 5.41) is 6.44. The van der Waals surface area contributed by atoms with Gasteiger partial charge < -0.3 is 9.64 Å². The third-order valence-corrected chi connectivity index (χ3v) is 5.07. The molecule has 23 heavy (non-hydrogen) atoms. The Morgan fingerprint density at radius 2 is 1.91 bits per heavy atom. The Labute approximate surface area is 135 Å². The highest BCUT2D eigenvalue weighted by atomic mass is 32.1. The van der Waals surface area contributed by atoms with Crippen LogP contribution in [0.1, 0.15) is 29.8 Å². The Kier molecular flexibility index (Phi) is 4.18. The third-order valence-electron chi connectivity index (χ3n) is 4.06. The zero-order valence-electron chi connectivity index (χ0n) is 12.7. The van der Waals surface area contributed by atoms with Gasteiger partial charge in [-0.3, -0.25) is 0 Å². The van der Waals surface area contributed by atoms with Crippen LogP contribution in [0.4, 0.5) is 18.3 Å². The topological polar surface area (TPSA) is 38.2 Å². The van der Waals surface area contributed by atoms with Crippen LogP contribution in [0, 0.1) is 0 Å². The smallest absolute Gasteiger partial charge is 0.445 e. The fourth-order valence-electron chi connectivity index (χ4n) is 2.86. The van der Waals surface area contributed by atoms with Gasteiger partial charge in [0, 0.05) is 18.5 Å². The molecule has 1 fully saturated rings. The van der Waals surface area contributed by atoms with E-state index in [1.165, 1.54) is 0 Å². The monoisotopic (exact) mass is 343 g/mol. The summed E-state index contributed by atoms with van der Waals surface area (Å²) < 4.78 is 43.2. The van der Waals surface area contributed by atoms with Crippen LogP contribution in [0.25, 0.3) is 0 Å². The van der Waals surface area contributed by atoms with Crippen molar-refractivity contribution in [3.63, 3.8) is 0 Å². The highest BCUT2D eigenvalue weighted by molar-refractivity contribution is 7.15. The molecule has 2 heterocycles. The summed E-state index contributed by atoms with van der Waals surface area (Å²) in [6, 6.07) is 7.92. The van der Waals surface area contributed by atoms with Crippen molar-refractivity contribution < 1.29 is 17.9 Å². The number of methoxy groups -OCH3 is 1. The summed E-state index contributed by atoms with van der Waals surface area (Å²) in [5.74, 6) is 1.05. The van der Waals surface area contributed by atoms with E-state index in [2.05, 4.69) is 10.2 Å². The van der Waals surface area contributed by atoms with Crippen LogP contribution in [-0.2, 0) is 6.18 Å². The van der Waals surface area contributed by atoms with Gasteiger partial charge in [-0.2, -0.15) is 13.2 Å². The zero-order chi connectivity index (χ0) is 16.6. The largest absolute Gasteiger partial charge is 0.497 e. The first-order chi connectivity index (χ1) is 10.9. The molecule has 0 aliphatic carbocycles. The van der Waals surface area contributed by atoms with Crippen molar-refractivity contribution in [2.45, 2.75) is 31.5 Å². The molecule has 8 heteroatoms. The molecule has 1 aliphatic rings. The van der Waals surface area contributed by atoms with E-state index in [0.717, 1.165) is 17.7 Å². The first-order valence-electron chi connectivity index (χ1n) is 7.19. The molecule has 4 nitrogen and oxygen atoms in total. The molecule has 0 bridgehead atoms. The average molecular weight is 343 g/mol. The van der Waals surface area contributed by atoms with Gasteiger partial charge in [0.25, 0.3) is 0 Å². The van der Waals surface area contributed by atoms with Crippen molar-refractivity contribution in [3.05, 3.63) is 34.8 Å². The summed E-state index contributed by atoms with van der Waals surface area (Å²) in [5.41, 5.74) is 1.15. The number of anilines is 1. The number of hydrogen-bond donors (Lipinski definition) is 0. The molecule has 1 aromatic heterocycles. The molecule has 124 valence electrons. The fourth-order valence-corrected chi connectivity index (χ4v) is 3.68. The molecular weight excluding hydrogens is 327 g/mol. The van der Waals surface area contributed by atoms with Crippen molar-refractivity contribution >= 4 is 16.5 Å². The van der Waals surface area contributed by atoms with Crippen molar-refractivity contribution in [1.82, 2.24) is 10.2 Å². The number of nitrogens with zero attached hydrogens (tertiary/aromatic N) is 3. The van der Waals surface area contributed by atoms with Crippen LogP contribution < -0.4 is 9.64 Å². The number of ether oxygens (including phenoxy) is 1. The van der Waals surface area contributed by atoms with Crippen molar-refractivity contribution in [2.24, 2.45) is 0 Å². The van der Waals surface area contributed by atoms with Crippen molar-refractivity contribution in [1.29, 1.82) is 0 Å². The van der Waals surface area contributed by atoms with Crippen LogP contribution >= 0.6 is 11.3 Å². The Bertz CT molecular complexity index is 671. The summed E-state index contributed by atoms with van der Waals surface area (Å²) in [7, 11) is 1.61. The number of alkyl halides is 3. The summed E-state index contributed by atoms with van der Waals surface area (Å²) >= 11 is 0.603. The van der Waals surface area contributed by atoms with E-state index >= 15 is 0 Å². The van der Waals surface area contributed by atoms with Gasteiger partial charge in [0.1, 0.15) is 5.75 Å². The molecule has 2 atom stereocenters. The van der Waals surface area contributed by atoms with Crippen molar-refractivity contribution in [2.75, 3.05) is 18.6 Å². The minimum absolute atomic E-state index is 0.121. The predicted octanol–water partition coefficient (Wildman–Crippen LogP) is 3.95. The van der Waals surface area contributed by atoms with E-state index in [9.17, 15) is 13.2 Å². The lowest BCUT2D eigenvalue weighted by Crippen LogP contribution is -2.26. The molecular formula is C15H16F3N3OS. The second-order valence-electron chi connectivity index (χ2n) is 5.59. The second-order valence-corrected chi connectivity index (χ2v) is 6.55. The van der Waals surface area contributed by atoms with E-state index in [1.807, 2.05) is 36.1 Å². The summed E-state index contributed by atoms with van der Waals surface area (Å²) in [6.07, 6.45) is -3.57. The number of hydrogen-bond acceptors (Lipinski definition) is 5. The molecule has 0 saturated carbocycles. The molecule has 2 unspecified atom stereocenters. The van der Waals surface area contributed by atoms with Crippen molar-refractivity contribution in [3.8, 4) is 5.75 Å². The maximum Gasteiger partial charge on any atom is 0.445 e. The van der Waals surface area contributed by atoms with Crippen LogP contribution in [-0.4, -0.2) is 29.9 Å². The molecule has 0 N–H and O–H groups in total. The normalized spacial score (nSPS) is 21.7. The maximum atomic E-state index is 12.7. The zero-order valence-corrected chi connectivity index (χ0v) is 13.5. The molecule has 1 aliphatic heterocycles. The van der Waals surface area contributed by atoms with Crippen LogP contribution in [0.15, 0.2) is 24.3 Å². The average Bonchev–Trinajstić information content (AvgIpc) is 3.13. The minimum atomic E-state index is -4.44. The van der Waals surface area contributed by atoms with Crippen LogP contribution in [0.5, 0.6) is 5.75 Å². The summed E-state index contributed by atoms with van der Waals surface area (Å²) in [4.78, 5) is 1.90. The molecule has 2 aromatic rings. The minimum Gasteiger partial charge on any atom is -0.497 e. The number of halogens is 3. The van der Waals surface area contributed by atoms with Gasteiger partial charge in [-0.1, -0.05) is 23.5 Å². The Morgan fingerprint density at radius 1 is 1.22 bits per heavy atom. The lowest BCUT2D eigenvalue weighted by Gasteiger charge is -2.19. The van der Waals surface area contributed by atoms with Gasteiger partial charge >= 0.3 is 6.18 Å². The number of benzene rings is 1. The van der Waals surface area contributed by atoms with E-state index in [1.54, 1.807) is 7.11 Å². The lowest BCUT2D eigenvalue weighted by molar-refractivity contribution is -0.138. The quantitative estimate of drug-likeness (QED) is 0.846. The highest BCUT2D eigenvalue weighted by Gasteiger charge is 2.38. The summed E-state index contributed by atoms with van der Waals surface area (Å²) in [6.45, 7) is 2.64. The van der Waals surface area contributed by atoms with Gasteiger partial charge in [-0.15, -0.1) is 10.2 Å². The fraction of sp³-hybridized carbons (Fsp3) is 0.467. The van der Waals surface area contributed by atoms with E-state index in [4.69, 9.17) is 4.74 Å². The van der Waals surface area contributed by atoms with Crippen LogP contribution in [0.3, 0.4) is 0 Å². The standard InChI is InChI=1S/C15H16F3N3OS/c1-9-7-11(10-3-5-12(22-2)6-4-10)8-21(9)14-20-19-13(23-14)15(16,17)18/h3-6,9,11H,7-8H2,1-2H3. The van der Waals surface area contributed by atoms with E-state index in [-0.39, 0.29) is 12.0 Å². The molecule has 0 radical (unpaired) electrons. The maximum absolute atomic E-state index is 12.7. The molecule has 1 saturated heterocycles. The first-order valence-corrected chi connectivity index (χ1v) is 8.01. The van der Waals surface area contributed by atoms with Crippen LogP contribution in [0.2, 0.25) is 0 Å². The highest BCUT2D eigenvalue weighted by Crippen LogP contribution is 2.39. The number of rotatable bonds is 3. The first kappa shape index (κ1) is 16.0. The number of aromatic nitrogens is 2. The molecule has 0 amide bonds. The van der Waals surface area contributed by atoms with Gasteiger partial charge in [0.05, 0.1) is 7.11 Å². The molecule has 3 rings (SSSR count). The van der Waals surface area contributed by atoms with E-state index < -0.39 is 11.2 Å². The lowest BCUT2D eigenvalue weighted by atomic mass is 9.97. The van der Waals surface area contributed by atoms with Gasteiger partial charge in [0.2, 0.25) is 10.1 Å². The Morgan fingerprint density at radius 3 is 2.48 bits per heavy atom. The SMILES string of the molecule is COc1ccc(C2CC(C)N(c3nnc(C(F)(F)F)s3)C2)cc1. The van der Waals surface area contributed by atoms with Gasteiger partial charge in [-0.05, 0) is 31.0 Å². The molecule has 1 aromatic carbocycles. The predicted molar refractivity (Wildman–Crippen MR) is 82.1 cm³/mol. The Balaban J connectivity index is 1.76. The second kappa shape index (κ2) is 5.99.